The van der Waals surface area contributed by atoms with Gasteiger partial charge in [-0.15, -0.1) is 0 Å². The number of rotatable bonds is 3. The number of hydrogen-bond acceptors (Lipinski definition) is 5. The number of aliphatic hydroxyl groups is 1. The van der Waals surface area contributed by atoms with Crippen molar-refractivity contribution in [3.63, 3.8) is 0 Å². The lowest BCUT2D eigenvalue weighted by atomic mass is 9.99. The van der Waals surface area contributed by atoms with Gasteiger partial charge >= 0.3 is 6.18 Å². The summed E-state index contributed by atoms with van der Waals surface area (Å²) in [6, 6.07) is 9.17. The zero-order valence-electron chi connectivity index (χ0n) is 17.2. The number of fused-ring (bicyclic) bond motifs is 1. The molecule has 2 fully saturated rings. The fraction of sp³-hybridized carbons (Fsp3) is 0.409. The minimum absolute atomic E-state index is 0.0883. The fourth-order valence-electron chi connectivity index (χ4n) is 4.10. The zero-order valence-corrected chi connectivity index (χ0v) is 18.0. The molecule has 32 heavy (non-hydrogen) atoms. The van der Waals surface area contributed by atoms with Gasteiger partial charge in [0, 0.05) is 25.2 Å². The largest absolute Gasteiger partial charge is 0.495 e. The molecule has 2 saturated heterocycles. The lowest BCUT2D eigenvalue weighted by Crippen LogP contribution is -2.63. The van der Waals surface area contributed by atoms with Crippen molar-refractivity contribution in [2.24, 2.45) is 0 Å². The number of halogens is 4. The van der Waals surface area contributed by atoms with Crippen LogP contribution in [0.2, 0.25) is 5.02 Å². The van der Waals surface area contributed by atoms with Crippen LogP contribution >= 0.6 is 11.6 Å². The summed E-state index contributed by atoms with van der Waals surface area (Å²) in [5.41, 5.74) is -0.190. The third-order valence-electron chi connectivity index (χ3n) is 5.90. The molecule has 2 aromatic rings. The smallest absolute Gasteiger partial charge is 0.416 e. The molecular weight excluding hydrogens is 449 g/mol. The quantitative estimate of drug-likeness (QED) is 0.745. The summed E-state index contributed by atoms with van der Waals surface area (Å²) in [4.78, 5) is 16.7. The highest BCUT2D eigenvalue weighted by molar-refractivity contribution is 6.35. The van der Waals surface area contributed by atoms with Crippen LogP contribution in [0.3, 0.4) is 0 Å². The molecule has 10 heteroatoms. The normalized spacial score (nSPS) is 24.2. The Balaban J connectivity index is 1.45. The molecule has 2 atom stereocenters. The Morgan fingerprint density at radius 2 is 1.94 bits per heavy atom. The standard InChI is InChI=1S/C22H22ClF3N2O4/c1-31-18-4-2-3-17(19(18)23)20(29)27-9-10-28-13-21(30,32-12-16(28)11-27)14-5-7-15(8-6-14)22(24,25)26/h2-8,16,30H,9-13H2,1H3/t16-,21-/m0/s1. The van der Waals surface area contributed by atoms with E-state index in [4.69, 9.17) is 21.1 Å². The van der Waals surface area contributed by atoms with Gasteiger partial charge < -0.3 is 19.5 Å². The lowest BCUT2D eigenvalue weighted by Gasteiger charge is -2.48. The second-order valence-electron chi connectivity index (χ2n) is 7.87. The van der Waals surface area contributed by atoms with Gasteiger partial charge in [-0.2, -0.15) is 13.2 Å². The number of carbonyl (C=O) groups is 1. The van der Waals surface area contributed by atoms with E-state index in [1.165, 1.54) is 19.2 Å². The van der Waals surface area contributed by atoms with E-state index in [0.717, 1.165) is 12.1 Å². The first-order chi connectivity index (χ1) is 15.1. The number of nitrogens with zero attached hydrogens (tertiary/aromatic N) is 2. The average molecular weight is 471 g/mol. The van der Waals surface area contributed by atoms with Crippen LogP contribution < -0.4 is 4.74 Å². The van der Waals surface area contributed by atoms with Crippen molar-refractivity contribution in [1.29, 1.82) is 0 Å². The summed E-state index contributed by atoms with van der Waals surface area (Å²) in [5, 5.41) is 11.2. The van der Waals surface area contributed by atoms with Gasteiger partial charge in [0.1, 0.15) is 5.75 Å². The predicted octanol–water partition coefficient (Wildman–Crippen LogP) is 3.37. The van der Waals surface area contributed by atoms with Gasteiger partial charge in [-0.25, -0.2) is 0 Å². The molecule has 0 aromatic heterocycles. The monoisotopic (exact) mass is 470 g/mol. The SMILES string of the molecule is COc1cccc(C(=O)N2CCN3C[C@@](O)(c4ccc(C(F)(F)F)cc4)OC[C@@H]3C2)c1Cl. The lowest BCUT2D eigenvalue weighted by molar-refractivity contribution is -0.265. The Hall–Kier alpha value is -2.33. The van der Waals surface area contributed by atoms with Gasteiger partial charge in [-0.1, -0.05) is 29.8 Å². The summed E-state index contributed by atoms with van der Waals surface area (Å²) >= 11 is 6.29. The van der Waals surface area contributed by atoms with E-state index < -0.39 is 17.5 Å². The van der Waals surface area contributed by atoms with Gasteiger partial charge in [-0.3, -0.25) is 9.69 Å². The van der Waals surface area contributed by atoms with E-state index in [-0.39, 0.29) is 35.7 Å². The van der Waals surface area contributed by atoms with Crippen molar-refractivity contribution < 1.29 is 32.5 Å². The number of ether oxygens (including phenoxy) is 2. The van der Waals surface area contributed by atoms with E-state index in [9.17, 15) is 23.1 Å². The Kier molecular flexibility index (Phi) is 6.10. The van der Waals surface area contributed by atoms with Crippen LogP contribution in [0.15, 0.2) is 42.5 Å². The van der Waals surface area contributed by atoms with Crippen molar-refractivity contribution >= 4 is 17.5 Å². The summed E-state index contributed by atoms with van der Waals surface area (Å²) in [6.07, 6.45) is -4.45. The van der Waals surface area contributed by atoms with E-state index in [0.29, 0.717) is 30.9 Å². The summed E-state index contributed by atoms with van der Waals surface area (Å²) in [5.74, 6) is -1.53. The molecule has 1 amide bonds. The maximum Gasteiger partial charge on any atom is 0.416 e. The average Bonchev–Trinajstić information content (AvgIpc) is 2.78. The maximum absolute atomic E-state index is 13.0. The predicted molar refractivity (Wildman–Crippen MR) is 111 cm³/mol. The summed E-state index contributed by atoms with van der Waals surface area (Å²) in [7, 11) is 1.48. The summed E-state index contributed by atoms with van der Waals surface area (Å²) < 4.78 is 49.3. The first-order valence-corrected chi connectivity index (χ1v) is 10.4. The molecule has 0 radical (unpaired) electrons. The molecule has 0 bridgehead atoms. The number of hydrogen-bond donors (Lipinski definition) is 1. The molecule has 6 nitrogen and oxygen atoms in total. The molecule has 0 spiro atoms. The van der Waals surface area contributed by atoms with Gasteiger partial charge in [0.05, 0.1) is 42.5 Å². The molecule has 2 aliphatic heterocycles. The van der Waals surface area contributed by atoms with E-state index in [1.807, 2.05) is 4.90 Å². The molecule has 2 aliphatic rings. The van der Waals surface area contributed by atoms with Gasteiger partial charge in [0.25, 0.3) is 5.91 Å². The third kappa shape index (κ3) is 4.30. The molecule has 1 N–H and O–H groups in total. The number of morpholine rings is 1. The second kappa shape index (κ2) is 8.55. The number of piperazine rings is 1. The van der Waals surface area contributed by atoms with Crippen LogP contribution in [0.25, 0.3) is 0 Å². The Labute approximate surface area is 188 Å². The van der Waals surface area contributed by atoms with E-state index >= 15 is 0 Å². The number of alkyl halides is 3. The molecule has 0 unspecified atom stereocenters. The van der Waals surface area contributed by atoms with Gasteiger partial charge in [0.2, 0.25) is 5.79 Å². The van der Waals surface area contributed by atoms with Crippen LogP contribution in [0.5, 0.6) is 5.75 Å². The first-order valence-electron chi connectivity index (χ1n) is 10.0. The zero-order chi connectivity index (χ0) is 23.1. The van der Waals surface area contributed by atoms with Gasteiger partial charge in [-0.05, 0) is 24.3 Å². The minimum Gasteiger partial charge on any atom is -0.495 e. The van der Waals surface area contributed by atoms with Crippen LogP contribution in [0.1, 0.15) is 21.5 Å². The summed E-state index contributed by atoms with van der Waals surface area (Å²) in [6.45, 7) is 1.46. The number of methoxy groups -OCH3 is 1. The highest BCUT2D eigenvalue weighted by atomic mass is 35.5. The first kappa shape index (κ1) is 22.8. The van der Waals surface area contributed by atoms with Gasteiger partial charge in [0.15, 0.2) is 0 Å². The maximum atomic E-state index is 13.0. The third-order valence-corrected chi connectivity index (χ3v) is 6.29. The second-order valence-corrected chi connectivity index (χ2v) is 8.25. The topological polar surface area (TPSA) is 62.2 Å². The highest BCUT2D eigenvalue weighted by Crippen LogP contribution is 2.35. The molecule has 2 heterocycles. The Morgan fingerprint density at radius 3 is 2.59 bits per heavy atom. The van der Waals surface area contributed by atoms with Crippen LogP contribution in [-0.4, -0.2) is 66.8 Å². The molecule has 0 aliphatic carbocycles. The highest BCUT2D eigenvalue weighted by Gasteiger charge is 2.44. The Bertz CT molecular complexity index is 1000. The van der Waals surface area contributed by atoms with E-state index in [1.54, 1.807) is 23.1 Å². The number of amides is 1. The van der Waals surface area contributed by atoms with Crippen LogP contribution in [0, 0.1) is 0 Å². The minimum atomic E-state index is -4.45. The number of carbonyl (C=O) groups excluding carboxylic acids is 1. The molecule has 172 valence electrons. The van der Waals surface area contributed by atoms with Crippen molar-refractivity contribution in [3.05, 3.63) is 64.2 Å². The molecule has 4 rings (SSSR count). The van der Waals surface area contributed by atoms with E-state index in [2.05, 4.69) is 0 Å². The van der Waals surface area contributed by atoms with Crippen LogP contribution in [0.4, 0.5) is 13.2 Å². The molecular formula is C22H22ClF3N2O4. The van der Waals surface area contributed by atoms with Crippen molar-refractivity contribution in [1.82, 2.24) is 9.80 Å². The molecule has 0 saturated carbocycles. The fourth-order valence-corrected chi connectivity index (χ4v) is 4.38. The van der Waals surface area contributed by atoms with Crippen LogP contribution in [-0.2, 0) is 16.7 Å². The molecule has 2 aromatic carbocycles. The van der Waals surface area contributed by atoms with Crippen molar-refractivity contribution in [3.8, 4) is 5.75 Å². The number of benzene rings is 2. The Morgan fingerprint density at radius 1 is 1.22 bits per heavy atom. The van der Waals surface area contributed by atoms with Crippen molar-refractivity contribution in [2.45, 2.75) is 18.0 Å². The van der Waals surface area contributed by atoms with Crippen molar-refractivity contribution in [2.75, 3.05) is 39.9 Å².